The molecule has 0 saturated carbocycles. The Bertz CT molecular complexity index is 1260. The van der Waals surface area contributed by atoms with Gasteiger partial charge in [-0.15, -0.1) is 0 Å². The molecular weight excluding hydrogens is 550 g/mol. The van der Waals surface area contributed by atoms with Crippen molar-refractivity contribution in [3.63, 3.8) is 0 Å². The smallest absolute Gasteiger partial charge is 0.115 e. The van der Waals surface area contributed by atoms with E-state index in [1.54, 1.807) is 72.8 Å². The zero-order chi connectivity index (χ0) is 29.3. The van der Waals surface area contributed by atoms with Gasteiger partial charge in [0.2, 0.25) is 0 Å². The SMILES string of the molecule is OP(O)(O)(c1ccccc1)c1ccccc1.OP(O)(O)(c1ccccc1)c1ccccc1.Oc1ccc(O)cc1. The van der Waals surface area contributed by atoms with E-state index in [0.717, 1.165) is 0 Å². The summed E-state index contributed by atoms with van der Waals surface area (Å²) in [5, 5.41) is 17.8. The van der Waals surface area contributed by atoms with E-state index in [1.807, 2.05) is 0 Å². The first-order chi connectivity index (χ1) is 18.8. The van der Waals surface area contributed by atoms with Crippen LogP contribution in [0, 0.1) is 0 Å². The Kier molecular flexibility index (Phi) is 9.44. The maximum Gasteiger partial charge on any atom is 0.115 e. The molecule has 8 N–H and O–H groups in total. The van der Waals surface area contributed by atoms with Crippen LogP contribution in [-0.2, 0) is 0 Å². The Morgan fingerprint density at radius 3 is 0.625 bits per heavy atom. The van der Waals surface area contributed by atoms with Crippen molar-refractivity contribution in [2.45, 2.75) is 0 Å². The van der Waals surface area contributed by atoms with Crippen LogP contribution in [-0.4, -0.2) is 39.6 Å². The minimum Gasteiger partial charge on any atom is -0.508 e. The third kappa shape index (κ3) is 7.71. The Balaban J connectivity index is 0.000000175. The maximum atomic E-state index is 10.2. The number of hydrogen-bond acceptors (Lipinski definition) is 8. The fourth-order valence-electron chi connectivity index (χ4n) is 3.56. The van der Waals surface area contributed by atoms with Crippen LogP contribution in [0.3, 0.4) is 0 Å². The molecule has 210 valence electrons. The molecular formula is C30H32O8P2. The molecule has 0 aliphatic carbocycles. The molecule has 0 unspecified atom stereocenters. The Hall–Kier alpha value is -3.68. The van der Waals surface area contributed by atoms with Gasteiger partial charge < -0.3 is 10.2 Å². The molecule has 0 bridgehead atoms. The van der Waals surface area contributed by atoms with Crippen molar-refractivity contribution in [1.29, 1.82) is 0 Å². The monoisotopic (exact) mass is 582 g/mol. The molecule has 40 heavy (non-hydrogen) atoms. The summed E-state index contributed by atoms with van der Waals surface area (Å²) in [6.45, 7) is 0. The fourth-order valence-corrected chi connectivity index (χ4v) is 7.04. The first-order valence-electron chi connectivity index (χ1n) is 12.0. The predicted molar refractivity (Wildman–Crippen MR) is 161 cm³/mol. The molecule has 0 aliphatic rings. The summed E-state index contributed by atoms with van der Waals surface area (Å²) in [7, 11) is -9.87. The van der Waals surface area contributed by atoms with Gasteiger partial charge in [0, 0.05) is 0 Å². The molecule has 0 amide bonds. The molecule has 0 spiro atoms. The van der Waals surface area contributed by atoms with Crippen molar-refractivity contribution >= 4 is 35.8 Å². The third-order valence-corrected chi connectivity index (χ3v) is 10.8. The van der Waals surface area contributed by atoms with Gasteiger partial charge in [0.05, 0.1) is 0 Å². The van der Waals surface area contributed by atoms with Crippen molar-refractivity contribution in [1.82, 2.24) is 0 Å². The largest absolute Gasteiger partial charge is 0.508 e. The number of hydrogen-bond donors (Lipinski definition) is 8. The van der Waals surface area contributed by atoms with Crippen molar-refractivity contribution < 1.29 is 39.6 Å². The quantitative estimate of drug-likeness (QED) is 0.119. The molecule has 0 saturated heterocycles. The van der Waals surface area contributed by atoms with Crippen LogP contribution in [0.25, 0.3) is 0 Å². The molecule has 0 heterocycles. The van der Waals surface area contributed by atoms with Crippen LogP contribution < -0.4 is 21.2 Å². The van der Waals surface area contributed by atoms with Crippen LogP contribution in [0.1, 0.15) is 0 Å². The summed E-state index contributed by atoms with van der Waals surface area (Å²) in [6.07, 6.45) is 0. The zero-order valence-corrected chi connectivity index (χ0v) is 23.1. The van der Waals surface area contributed by atoms with Crippen molar-refractivity contribution in [2.75, 3.05) is 0 Å². The number of phenols is 2. The van der Waals surface area contributed by atoms with Gasteiger partial charge >= 0.3 is 186 Å². The molecule has 5 aromatic carbocycles. The zero-order valence-electron chi connectivity index (χ0n) is 21.3. The first-order valence-corrected chi connectivity index (χ1v) is 16.2. The standard InChI is InChI=1S/2C12H13O3P.C6H6O2/c2*13-16(14,15,11-7-3-1-4-8-11)12-9-5-2-6-10-12;7-5-1-2-6(8)4-3-5/h2*1-10,13-15H;1-4,7-8H. The van der Waals surface area contributed by atoms with Gasteiger partial charge in [-0.3, -0.25) is 0 Å². The average molecular weight is 583 g/mol. The summed E-state index contributed by atoms with van der Waals surface area (Å²) >= 11 is 0. The molecule has 0 radical (unpaired) electrons. The van der Waals surface area contributed by atoms with Crippen LogP contribution >= 0.6 is 14.6 Å². The van der Waals surface area contributed by atoms with Gasteiger partial charge in [0.25, 0.3) is 0 Å². The predicted octanol–water partition coefficient (Wildman–Crippen LogP) is 2.92. The van der Waals surface area contributed by atoms with Gasteiger partial charge in [-0.25, -0.2) is 0 Å². The van der Waals surface area contributed by atoms with E-state index in [9.17, 15) is 29.4 Å². The van der Waals surface area contributed by atoms with E-state index in [4.69, 9.17) is 10.2 Å². The summed E-state index contributed by atoms with van der Waals surface area (Å²) < 4.78 is 0. The van der Waals surface area contributed by atoms with Gasteiger partial charge in [-0.2, -0.15) is 0 Å². The topological polar surface area (TPSA) is 162 Å². The maximum absolute atomic E-state index is 10.2. The van der Waals surface area contributed by atoms with Crippen molar-refractivity contribution in [3.05, 3.63) is 146 Å². The van der Waals surface area contributed by atoms with Crippen molar-refractivity contribution in [3.8, 4) is 11.5 Å². The Labute approximate surface area is 232 Å². The minimum absolute atomic E-state index is 0.139. The van der Waals surface area contributed by atoms with Crippen LogP contribution in [0.4, 0.5) is 0 Å². The van der Waals surface area contributed by atoms with E-state index in [-0.39, 0.29) is 32.7 Å². The second-order valence-electron chi connectivity index (χ2n) is 8.82. The van der Waals surface area contributed by atoms with E-state index in [1.165, 1.54) is 72.8 Å². The van der Waals surface area contributed by atoms with Gasteiger partial charge in [0.15, 0.2) is 0 Å². The Morgan fingerprint density at radius 1 is 0.275 bits per heavy atom. The van der Waals surface area contributed by atoms with E-state index in [2.05, 4.69) is 0 Å². The number of phenolic OH excluding ortho intramolecular Hbond substituents is 2. The normalized spacial score (nSPS) is 13.1. The number of rotatable bonds is 4. The Morgan fingerprint density at radius 2 is 0.450 bits per heavy atom. The summed E-state index contributed by atoms with van der Waals surface area (Å²) in [5.74, 6) is 0.339. The second kappa shape index (κ2) is 12.2. The average Bonchev–Trinajstić information content (AvgIpc) is 2.97. The number of aromatic hydroxyl groups is 2. The summed E-state index contributed by atoms with van der Waals surface area (Å²) in [5.41, 5.74) is 0. The van der Waals surface area contributed by atoms with Gasteiger partial charge in [-0.1, -0.05) is 0 Å². The minimum atomic E-state index is -4.93. The van der Waals surface area contributed by atoms with Gasteiger partial charge in [-0.05, 0) is 24.3 Å². The molecule has 10 heteroatoms. The van der Waals surface area contributed by atoms with Crippen LogP contribution in [0.5, 0.6) is 11.5 Å². The van der Waals surface area contributed by atoms with Crippen LogP contribution in [0.15, 0.2) is 146 Å². The van der Waals surface area contributed by atoms with Crippen LogP contribution in [0.2, 0.25) is 0 Å². The summed E-state index contributed by atoms with van der Waals surface area (Å²) in [4.78, 5) is 61.0. The number of benzene rings is 5. The molecule has 0 aliphatic heterocycles. The van der Waals surface area contributed by atoms with E-state index in [0.29, 0.717) is 0 Å². The third-order valence-electron chi connectivity index (χ3n) is 5.78. The molecule has 8 nitrogen and oxygen atoms in total. The molecule has 0 atom stereocenters. The summed E-state index contributed by atoms with van der Waals surface area (Å²) in [6, 6.07) is 38.0. The van der Waals surface area contributed by atoms with Gasteiger partial charge in [0.1, 0.15) is 11.5 Å². The fraction of sp³-hybridized carbons (Fsp3) is 0. The van der Waals surface area contributed by atoms with E-state index >= 15 is 0 Å². The first kappa shape index (κ1) is 30.9. The van der Waals surface area contributed by atoms with E-state index < -0.39 is 14.6 Å². The molecule has 5 rings (SSSR count). The molecule has 0 fully saturated rings. The van der Waals surface area contributed by atoms with Crippen molar-refractivity contribution in [2.24, 2.45) is 0 Å². The second-order valence-corrected chi connectivity index (χ2v) is 14.8. The molecule has 0 aromatic heterocycles. The molecule has 5 aromatic rings.